The minimum Gasteiger partial charge on any atom is -0.383 e. The smallest absolute Gasteiger partial charge is 0.383 e. The number of fused-ring (bicyclic) bond motifs is 2. The van der Waals surface area contributed by atoms with E-state index in [0.29, 0.717) is 16.8 Å². The minimum absolute atomic E-state index is 0. The standard InChI is InChI=1S/C22H19BrF3N5O2.C22H19F4N5O2.2H2S/c2*1-12-11-30(15-4-5-17(22(24,25)26)13(7-15)9-23)21(33)19-14(10-29-31(12)19)8-18(32)16-3-2-6-28-20(16)27;;/h2*2-7,10,12H,8-9,11H2,1H3,(H2,27,28);2*1H2/t2*12-;;/m00../s1/i;23-1;;. The van der Waals surface area contributed by atoms with Gasteiger partial charge in [-0.3, -0.25) is 28.5 Å². The van der Waals surface area contributed by atoms with Gasteiger partial charge in [-0.2, -0.15) is 63.5 Å². The molecule has 2 aliphatic rings. The highest BCUT2D eigenvalue weighted by molar-refractivity contribution is 9.08. The molecule has 24 heteroatoms. The van der Waals surface area contributed by atoms with Crippen molar-refractivity contribution in [2.45, 2.75) is 63.1 Å². The monoisotopic (exact) mass is 1050 g/mol. The van der Waals surface area contributed by atoms with Crippen molar-refractivity contribution in [3.8, 4) is 0 Å². The molecule has 0 bridgehead atoms. The summed E-state index contributed by atoms with van der Waals surface area (Å²) in [5.74, 6) is -1.50. The highest BCUT2D eigenvalue weighted by Gasteiger charge is 2.39. The molecule has 8 rings (SSSR count). The largest absolute Gasteiger partial charge is 0.416 e. The summed E-state index contributed by atoms with van der Waals surface area (Å²) in [7, 11) is 0. The number of carbonyl (C=O) groups is 4. The first-order chi connectivity index (χ1) is 31.2. The molecule has 0 unspecified atom stereocenters. The van der Waals surface area contributed by atoms with Crippen LogP contribution in [0.2, 0.25) is 0 Å². The second kappa shape index (κ2) is 20.9. The number of benzene rings is 2. The first-order valence-electron chi connectivity index (χ1n) is 20.0. The van der Waals surface area contributed by atoms with Gasteiger partial charge < -0.3 is 21.3 Å². The highest BCUT2D eigenvalue weighted by Crippen LogP contribution is 2.38. The number of anilines is 4. The van der Waals surface area contributed by atoms with Crippen molar-refractivity contribution < 1.29 is 49.9 Å². The van der Waals surface area contributed by atoms with Crippen LogP contribution in [-0.4, -0.2) is 66.0 Å². The number of carbonyl (C=O) groups excluding carboxylic acids is 4. The Bertz CT molecular complexity index is 2680. The van der Waals surface area contributed by atoms with Crippen LogP contribution in [0.15, 0.2) is 85.5 Å². The van der Waals surface area contributed by atoms with Gasteiger partial charge in [-0.1, -0.05) is 15.9 Å². The van der Waals surface area contributed by atoms with Crippen LogP contribution >= 0.6 is 42.9 Å². The number of halogens is 8. The number of hydrogen-bond acceptors (Lipinski definition) is 10. The fraction of sp³-hybridized carbons (Fsp3) is 0.273. The molecule has 4 N–H and O–H groups in total. The number of alkyl halides is 8. The van der Waals surface area contributed by atoms with Crippen LogP contribution in [0.3, 0.4) is 0 Å². The molecule has 0 saturated carbocycles. The van der Waals surface area contributed by atoms with Crippen LogP contribution in [0.5, 0.6) is 0 Å². The third-order valence-corrected chi connectivity index (χ3v) is 11.7. The number of Topliss-reactive ketones (excluding diaryl/α,β-unsaturated/α-hetero) is 2. The van der Waals surface area contributed by atoms with Crippen molar-refractivity contribution >= 4 is 89.3 Å². The van der Waals surface area contributed by atoms with E-state index in [9.17, 15) is 49.9 Å². The zero-order valence-corrected chi connectivity index (χ0v) is 39.5. The van der Waals surface area contributed by atoms with E-state index < -0.39 is 47.5 Å². The van der Waals surface area contributed by atoms with Crippen LogP contribution in [0.25, 0.3) is 0 Å². The Morgan fingerprint density at radius 1 is 0.662 bits per heavy atom. The molecule has 0 aliphatic carbocycles. The fourth-order valence-corrected chi connectivity index (χ4v) is 8.32. The molecule has 6 heterocycles. The number of amides is 2. The van der Waals surface area contributed by atoms with Crippen LogP contribution in [-0.2, 0) is 37.2 Å². The first-order valence-corrected chi connectivity index (χ1v) is 21.1. The second-order valence-electron chi connectivity index (χ2n) is 15.5. The molecule has 2 aliphatic heterocycles. The Morgan fingerprint density at radius 3 is 1.43 bits per heavy atom. The molecular formula is C44H42BrF7N10O4S2. The van der Waals surface area contributed by atoms with E-state index >= 15 is 0 Å². The van der Waals surface area contributed by atoms with Crippen LogP contribution < -0.4 is 21.3 Å². The maximum absolute atomic E-state index is 13.4. The molecule has 0 radical (unpaired) electrons. The number of aromatic nitrogens is 6. The summed E-state index contributed by atoms with van der Waals surface area (Å²) < 4.78 is 95.7. The molecule has 68 heavy (non-hydrogen) atoms. The summed E-state index contributed by atoms with van der Waals surface area (Å²) in [6.45, 7) is 2.64. The average molecular weight is 1050 g/mol. The molecule has 360 valence electrons. The van der Waals surface area contributed by atoms with Crippen molar-refractivity contribution in [1.29, 1.82) is 0 Å². The van der Waals surface area contributed by atoms with Gasteiger partial charge in [-0.25, -0.2) is 14.4 Å². The lowest BCUT2D eigenvalue weighted by Crippen LogP contribution is -2.43. The Hall–Kier alpha value is -6.27. The topological polar surface area (TPSA) is 188 Å². The number of nitrogen functional groups attached to an aromatic ring is 2. The zero-order valence-electron chi connectivity index (χ0n) is 35.9. The van der Waals surface area contributed by atoms with Crippen molar-refractivity contribution in [2.24, 2.45) is 0 Å². The molecule has 2 atom stereocenters. The van der Waals surface area contributed by atoms with E-state index in [1.54, 1.807) is 29.8 Å². The van der Waals surface area contributed by atoms with E-state index in [-0.39, 0.29) is 127 Å². The summed E-state index contributed by atoms with van der Waals surface area (Å²) in [5, 5.41) is 8.49. The predicted octanol–water partition coefficient (Wildman–Crippen LogP) is 8.64. The maximum atomic E-state index is 13.4. The molecule has 14 nitrogen and oxygen atoms in total. The van der Waals surface area contributed by atoms with Gasteiger partial charge in [0, 0.05) is 66.2 Å². The van der Waals surface area contributed by atoms with Crippen molar-refractivity contribution in [1.82, 2.24) is 29.5 Å². The molecule has 4 aromatic heterocycles. The number of rotatable bonds is 10. The number of hydrogen-bond donors (Lipinski definition) is 2. The molecule has 2 amide bonds. The summed E-state index contributed by atoms with van der Waals surface area (Å²) in [6.07, 6.45) is -3.68. The highest BCUT2D eigenvalue weighted by atomic mass is 79.9. The molecule has 0 saturated heterocycles. The summed E-state index contributed by atoms with van der Waals surface area (Å²) >= 11 is 3.10. The van der Waals surface area contributed by atoms with E-state index in [1.165, 1.54) is 57.5 Å². The molecular weight excluding hydrogens is 1010 g/mol. The van der Waals surface area contributed by atoms with Gasteiger partial charge in [-0.05, 0) is 85.6 Å². The Labute approximate surface area is 405 Å². The van der Waals surface area contributed by atoms with E-state index in [2.05, 4.69) is 36.1 Å². The number of nitrogens with zero attached hydrogens (tertiary/aromatic N) is 8. The lowest BCUT2D eigenvalue weighted by Gasteiger charge is -2.33. The van der Waals surface area contributed by atoms with Gasteiger partial charge in [0.1, 0.15) is 29.7 Å². The second-order valence-corrected chi connectivity index (χ2v) is 16.0. The number of nitrogens with two attached hydrogens (primary N) is 2. The Balaban J connectivity index is 0.000000247. The van der Waals surface area contributed by atoms with Crippen molar-refractivity contribution in [2.75, 3.05) is 34.4 Å². The average Bonchev–Trinajstić information content (AvgIpc) is 3.91. The normalized spacial score (nSPS) is 15.6. The van der Waals surface area contributed by atoms with Gasteiger partial charge in [0.05, 0.1) is 46.7 Å². The SMILES string of the molecule is C[C@H]1CN(c2ccc(C(F)(F)F)c(CBr)c2)C(=O)c2c(CC(=O)c3cccnc3N)cnn21.C[C@H]1CN(c2ccc(C(F)(F)F)c(C[18F])c2)C(=O)c2c(CC(=O)c3cccnc3N)cnn21.S.S. The van der Waals surface area contributed by atoms with E-state index in [1.807, 2.05) is 6.92 Å². The summed E-state index contributed by atoms with van der Waals surface area (Å²) in [5.41, 5.74) is 11.3. The third-order valence-electron chi connectivity index (χ3n) is 11.0. The zero-order chi connectivity index (χ0) is 47.8. The quantitative estimate of drug-likeness (QED) is 0.0764. The lowest BCUT2D eigenvalue weighted by atomic mass is 10.0. The van der Waals surface area contributed by atoms with Gasteiger partial charge >= 0.3 is 12.4 Å². The predicted molar refractivity (Wildman–Crippen MR) is 252 cm³/mol. The van der Waals surface area contributed by atoms with E-state index in [0.717, 1.165) is 24.3 Å². The number of ketones is 2. The van der Waals surface area contributed by atoms with Gasteiger partial charge in [-0.15, -0.1) is 0 Å². The van der Waals surface area contributed by atoms with Crippen LogP contribution in [0.4, 0.5) is 53.7 Å². The fourth-order valence-electron chi connectivity index (χ4n) is 7.86. The third kappa shape index (κ3) is 10.6. The molecule has 6 aromatic rings. The van der Waals surface area contributed by atoms with Gasteiger partial charge in [0.2, 0.25) is 0 Å². The minimum atomic E-state index is -4.71. The maximum Gasteiger partial charge on any atom is 0.416 e. The Kier molecular flexibility index (Phi) is 16.2. The van der Waals surface area contributed by atoms with Gasteiger partial charge in [0.25, 0.3) is 11.8 Å². The Morgan fingerprint density at radius 2 is 1.06 bits per heavy atom. The summed E-state index contributed by atoms with van der Waals surface area (Å²) in [4.78, 5) is 62.7. The van der Waals surface area contributed by atoms with Crippen LogP contribution in [0, 0.1) is 0 Å². The van der Waals surface area contributed by atoms with Crippen molar-refractivity contribution in [3.63, 3.8) is 0 Å². The first kappa shape index (κ1) is 52.7. The molecule has 0 fully saturated rings. The summed E-state index contributed by atoms with van der Waals surface area (Å²) in [6, 6.07) is 12.2. The van der Waals surface area contributed by atoms with Gasteiger partial charge in [0.15, 0.2) is 11.6 Å². The van der Waals surface area contributed by atoms with Crippen molar-refractivity contribution in [3.05, 3.63) is 141 Å². The lowest BCUT2D eigenvalue weighted by molar-refractivity contribution is -0.139. The van der Waals surface area contributed by atoms with Crippen LogP contribution in [0.1, 0.15) is 101 Å². The molecule has 2 aromatic carbocycles. The van der Waals surface area contributed by atoms with E-state index in [4.69, 9.17) is 11.5 Å². The molecule has 0 spiro atoms. The number of pyridine rings is 2.